The molecule has 1 atom stereocenters. The smallest absolute Gasteiger partial charge is 0.226 e. The van der Waals surface area contributed by atoms with Crippen LogP contribution in [0.5, 0.6) is 0 Å². The number of rotatable bonds is 2. The minimum atomic E-state index is 0.214. The molecule has 5 heteroatoms. The molecule has 2 aliphatic rings. The van der Waals surface area contributed by atoms with Crippen molar-refractivity contribution >= 4 is 22.1 Å². The average Bonchev–Trinajstić information content (AvgIpc) is 3.12. The number of nitrogens with zero attached hydrogens (tertiary/aromatic N) is 3. The number of hydrogen-bond acceptors (Lipinski definition) is 3. The van der Waals surface area contributed by atoms with Gasteiger partial charge >= 0.3 is 0 Å². The normalized spacial score (nSPS) is 22.0. The van der Waals surface area contributed by atoms with Gasteiger partial charge < -0.3 is 4.90 Å². The molecule has 4 rings (SSSR count). The largest absolute Gasteiger partial charge is 0.342 e. The number of hydrogen-bond donors (Lipinski definition) is 0. The molecule has 3 heterocycles. The molecule has 25 heavy (non-hydrogen) atoms. The molecule has 2 aromatic heterocycles. The Morgan fingerprint density at radius 3 is 2.60 bits per heavy atom. The number of carbonyl (C=O) groups is 1. The van der Waals surface area contributed by atoms with Crippen molar-refractivity contribution in [1.82, 2.24) is 14.3 Å². The molecule has 134 valence electrons. The number of carbonyl (C=O) groups excluding carboxylic acids is 1. The monoisotopic (exact) mass is 357 g/mol. The third-order valence-electron chi connectivity index (χ3n) is 5.93. The number of piperidine rings is 1. The Morgan fingerprint density at radius 2 is 1.92 bits per heavy atom. The standard InChI is InChI=1S/C20H27N3OS/c1-13-14(2)25-20-18(21-15(3)23(13)20)16-9-11-22(12-10-16)19(24)17-7-5-4-6-8-17/h4-5,16-17H,6-12H2,1-3H3/t17-/m1/s1. The van der Waals surface area contributed by atoms with Crippen LogP contribution in [0.15, 0.2) is 12.2 Å². The highest BCUT2D eigenvalue weighted by molar-refractivity contribution is 7.17. The lowest BCUT2D eigenvalue weighted by Gasteiger charge is -2.34. The maximum atomic E-state index is 12.7. The van der Waals surface area contributed by atoms with Gasteiger partial charge in [-0.15, -0.1) is 11.3 Å². The van der Waals surface area contributed by atoms with Crippen LogP contribution in [0, 0.1) is 26.7 Å². The fourth-order valence-corrected chi connectivity index (χ4v) is 5.52. The topological polar surface area (TPSA) is 37.6 Å². The van der Waals surface area contributed by atoms with Crippen LogP contribution in [0.2, 0.25) is 0 Å². The molecule has 0 bridgehead atoms. The van der Waals surface area contributed by atoms with Crippen molar-refractivity contribution in [2.24, 2.45) is 5.92 Å². The molecular weight excluding hydrogens is 330 g/mol. The molecule has 1 amide bonds. The molecule has 0 saturated carbocycles. The van der Waals surface area contributed by atoms with E-state index >= 15 is 0 Å². The highest BCUT2D eigenvalue weighted by Crippen LogP contribution is 2.36. The van der Waals surface area contributed by atoms with E-state index in [1.807, 2.05) is 11.3 Å². The number of imidazole rings is 1. The number of likely N-dealkylation sites (tertiary alicyclic amines) is 1. The quantitative estimate of drug-likeness (QED) is 0.748. The maximum absolute atomic E-state index is 12.7. The zero-order chi connectivity index (χ0) is 17.6. The van der Waals surface area contributed by atoms with E-state index in [9.17, 15) is 4.79 Å². The van der Waals surface area contributed by atoms with Crippen LogP contribution in [-0.4, -0.2) is 33.3 Å². The Bertz CT molecular complexity index is 824. The van der Waals surface area contributed by atoms with Gasteiger partial charge in [0.15, 0.2) is 0 Å². The number of aryl methyl sites for hydroxylation is 3. The van der Waals surface area contributed by atoms with Crippen LogP contribution in [0.4, 0.5) is 0 Å². The Kier molecular flexibility index (Phi) is 4.44. The lowest BCUT2D eigenvalue weighted by molar-refractivity contribution is -0.136. The van der Waals surface area contributed by atoms with Crippen molar-refractivity contribution in [2.45, 2.75) is 58.8 Å². The highest BCUT2D eigenvalue weighted by atomic mass is 32.1. The minimum Gasteiger partial charge on any atom is -0.342 e. The van der Waals surface area contributed by atoms with E-state index in [-0.39, 0.29) is 5.92 Å². The zero-order valence-corrected chi connectivity index (χ0v) is 16.2. The van der Waals surface area contributed by atoms with Crippen molar-refractivity contribution in [1.29, 1.82) is 0 Å². The second kappa shape index (κ2) is 6.60. The Labute approximate surface area is 153 Å². The van der Waals surface area contributed by atoms with Gasteiger partial charge in [-0.2, -0.15) is 0 Å². The van der Waals surface area contributed by atoms with Crippen LogP contribution in [-0.2, 0) is 4.79 Å². The van der Waals surface area contributed by atoms with Crippen LogP contribution in [0.1, 0.15) is 60.1 Å². The van der Waals surface area contributed by atoms with E-state index in [2.05, 4.69) is 42.2 Å². The van der Waals surface area contributed by atoms with E-state index in [0.29, 0.717) is 11.8 Å². The summed E-state index contributed by atoms with van der Waals surface area (Å²) >= 11 is 1.86. The lowest BCUT2D eigenvalue weighted by atomic mass is 9.90. The highest BCUT2D eigenvalue weighted by Gasteiger charge is 2.31. The van der Waals surface area contributed by atoms with E-state index in [1.165, 1.54) is 21.1 Å². The summed E-state index contributed by atoms with van der Waals surface area (Å²) in [6.07, 6.45) is 9.44. The minimum absolute atomic E-state index is 0.214. The SMILES string of the molecule is Cc1sc2c(C3CCN(C(=O)[C@@H]4CC=CCC4)CC3)nc(C)n2c1C. The first kappa shape index (κ1) is 16.8. The molecular formula is C20H27N3OS. The molecule has 1 aliphatic heterocycles. The molecule has 1 aliphatic carbocycles. The molecule has 0 spiro atoms. The van der Waals surface area contributed by atoms with Gasteiger partial charge in [0.2, 0.25) is 5.91 Å². The summed E-state index contributed by atoms with van der Waals surface area (Å²) in [6, 6.07) is 0. The van der Waals surface area contributed by atoms with E-state index in [1.54, 1.807) is 0 Å². The predicted molar refractivity (Wildman–Crippen MR) is 102 cm³/mol. The fourth-order valence-electron chi connectivity index (χ4n) is 4.32. The molecule has 2 aromatic rings. The second-order valence-corrected chi connectivity index (χ2v) is 8.71. The van der Waals surface area contributed by atoms with Gasteiger partial charge in [0.05, 0.1) is 5.69 Å². The van der Waals surface area contributed by atoms with Gasteiger partial charge in [-0.05, 0) is 52.9 Å². The summed E-state index contributed by atoms with van der Waals surface area (Å²) < 4.78 is 2.31. The molecule has 0 radical (unpaired) electrons. The number of amides is 1. The summed E-state index contributed by atoms with van der Waals surface area (Å²) in [5.74, 6) is 2.17. The third-order valence-corrected chi connectivity index (χ3v) is 7.12. The Balaban J connectivity index is 1.48. The van der Waals surface area contributed by atoms with Crippen molar-refractivity contribution in [3.63, 3.8) is 0 Å². The van der Waals surface area contributed by atoms with Crippen LogP contribution in [0.3, 0.4) is 0 Å². The third kappa shape index (κ3) is 2.92. The van der Waals surface area contributed by atoms with Gasteiger partial charge in [0.1, 0.15) is 10.7 Å². The molecule has 1 fully saturated rings. The van der Waals surface area contributed by atoms with E-state index in [0.717, 1.165) is 51.0 Å². The van der Waals surface area contributed by atoms with Crippen LogP contribution in [0.25, 0.3) is 4.83 Å². The first-order chi connectivity index (χ1) is 12.1. The first-order valence-electron chi connectivity index (χ1n) is 9.45. The van der Waals surface area contributed by atoms with Gasteiger partial charge in [0, 0.05) is 35.5 Å². The summed E-state index contributed by atoms with van der Waals surface area (Å²) in [7, 11) is 0. The molecule has 0 N–H and O–H groups in total. The van der Waals surface area contributed by atoms with Crippen molar-refractivity contribution < 1.29 is 4.79 Å². The average molecular weight is 358 g/mol. The van der Waals surface area contributed by atoms with Crippen molar-refractivity contribution in [2.75, 3.05) is 13.1 Å². The second-order valence-electron chi connectivity index (χ2n) is 7.51. The van der Waals surface area contributed by atoms with Crippen LogP contribution >= 0.6 is 11.3 Å². The van der Waals surface area contributed by atoms with E-state index in [4.69, 9.17) is 4.98 Å². The van der Waals surface area contributed by atoms with E-state index < -0.39 is 0 Å². The van der Waals surface area contributed by atoms with Gasteiger partial charge in [-0.25, -0.2) is 4.98 Å². The molecule has 0 aromatic carbocycles. The summed E-state index contributed by atoms with van der Waals surface area (Å²) in [5, 5.41) is 0. The Hall–Kier alpha value is -1.62. The molecule has 0 unspecified atom stereocenters. The number of aromatic nitrogens is 2. The summed E-state index contributed by atoms with van der Waals surface area (Å²) in [5.41, 5.74) is 2.57. The zero-order valence-electron chi connectivity index (χ0n) is 15.4. The predicted octanol–water partition coefficient (Wildman–Crippen LogP) is 4.38. The summed E-state index contributed by atoms with van der Waals surface area (Å²) in [4.78, 5) is 22.4. The van der Waals surface area contributed by atoms with Gasteiger partial charge in [0.25, 0.3) is 0 Å². The fraction of sp³-hybridized carbons (Fsp3) is 0.600. The van der Waals surface area contributed by atoms with Gasteiger partial charge in [-0.1, -0.05) is 12.2 Å². The first-order valence-corrected chi connectivity index (χ1v) is 10.3. The van der Waals surface area contributed by atoms with Crippen LogP contribution < -0.4 is 0 Å². The lowest BCUT2D eigenvalue weighted by Crippen LogP contribution is -2.41. The number of allylic oxidation sites excluding steroid dienone is 2. The summed E-state index contributed by atoms with van der Waals surface area (Å²) in [6.45, 7) is 8.23. The van der Waals surface area contributed by atoms with Crippen molar-refractivity contribution in [3.05, 3.63) is 34.2 Å². The molecule has 4 nitrogen and oxygen atoms in total. The Morgan fingerprint density at radius 1 is 1.16 bits per heavy atom. The van der Waals surface area contributed by atoms with Crippen molar-refractivity contribution in [3.8, 4) is 0 Å². The maximum Gasteiger partial charge on any atom is 0.226 e. The number of fused-ring (bicyclic) bond motifs is 1. The van der Waals surface area contributed by atoms with Gasteiger partial charge in [-0.3, -0.25) is 9.20 Å². The number of thiazole rings is 1. The molecule has 1 saturated heterocycles.